The van der Waals surface area contributed by atoms with E-state index in [0.717, 1.165) is 5.56 Å². The molecule has 0 aliphatic carbocycles. The van der Waals surface area contributed by atoms with Gasteiger partial charge in [-0.1, -0.05) is 48.5 Å². The van der Waals surface area contributed by atoms with Crippen LogP contribution in [0.25, 0.3) is 0 Å². The van der Waals surface area contributed by atoms with Crippen LogP contribution in [0.2, 0.25) is 0 Å². The molecule has 0 aromatic heterocycles. The van der Waals surface area contributed by atoms with Gasteiger partial charge in [-0.3, -0.25) is 14.4 Å². The lowest BCUT2D eigenvalue weighted by atomic mass is 10.0. The summed E-state index contributed by atoms with van der Waals surface area (Å²) in [6.07, 6.45) is 0.754. The van der Waals surface area contributed by atoms with Crippen LogP contribution in [0.1, 0.15) is 42.3 Å². The number of carbonyl (C=O) groups is 3. The van der Waals surface area contributed by atoms with Crippen LogP contribution in [0.3, 0.4) is 0 Å². The number of hydrogen-bond acceptors (Lipinski definition) is 3. The number of benzene rings is 2. The Balaban J connectivity index is 2.02. The second-order valence-electron chi connectivity index (χ2n) is 9.10. The zero-order valence-electron chi connectivity index (χ0n) is 18.7. The Labute approximate surface area is 184 Å². The predicted octanol–water partition coefficient (Wildman–Crippen LogP) is 2.67. The second-order valence-corrected chi connectivity index (χ2v) is 9.10. The van der Waals surface area contributed by atoms with Gasteiger partial charge >= 0.3 is 0 Å². The summed E-state index contributed by atoms with van der Waals surface area (Å²) in [6.45, 7) is 6.23. The SMILES string of the molecule is CN1CC(C(=O)NC(C)(C)C)N(CCc2ccccc2)C(=O)c2ccccc2CC1=O. The first-order chi connectivity index (χ1) is 14.7. The molecule has 1 heterocycles. The fraction of sp³-hybridized carbons (Fsp3) is 0.400. The van der Waals surface area contributed by atoms with Crippen LogP contribution in [0.4, 0.5) is 0 Å². The summed E-state index contributed by atoms with van der Waals surface area (Å²) < 4.78 is 0. The summed E-state index contributed by atoms with van der Waals surface area (Å²) >= 11 is 0. The molecule has 31 heavy (non-hydrogen) atoms. The van der Waals surface area contributed by atoms with Gasteiger partial charge in [-0.05, 0) is 44.4 Å². The fourth-order valence-electron chi connectivity index (χ4n) is 3.77. The van der Waals surface area contributed by atoms with Crippen molar-refractivity contribution in [1.29, 1.82) is 0 Å². The first-order valence-electron chi connectivity index (χ1n) is 10.6. The molecule has 0 saturated carbocycles. The van der Waals surface area contributed by atoms with Gasteiger partial charge in [0.2, 0.25) is 11.8 Å². The van der Waals surface area contributed by atoms with E-state index in [9.17, 15) is 14.4 Å². The fourth-order valence-corrected chi connectivity index (χ4v) is 3.77. The number of fused-ring (bicyclic) bond motifs is 1. The lowest BCUT2D eigenvalue weighted by molar-refractivity contribution is -0.132. The smallest absolute Gasteiger partial charge is 0.254 e. The molecule has 0 radical (unpaired) electrons. The number of rotatable bonds is 4. The number of amides is 3. The van der Waals surface area contributed by atoms with Gasteiger partial charge in [0.05, 0.1) is 6.42 Å². The quantitative estimate of drug-likeness (QED) is 0.825. The number of likely N-dealkylation sites (N-methyl/N-ethyl adjacent to an activating group) is 1. The van der Waals surface area contributed by atoms with Crippen molar-refractivity contribution in [2.75, 3.05) is 20.1 Å². The van der Waals surface area contributed by atoms with Crippen LogP contribution < -0.4 is 5.32 Å². The lowest BCUT2D eigenvalue weighted by Gasteiger charge is -2.35. The maximum Gasteiger partial charge on any atom is 0.254 e. The van der Waals surface area contributed by atoms with Crippen molar-refractivity contribution < 1.29 is 14.4 Å². The number of carbonyl (C=O) groups excluding carboxylic acids is 3. The highest BCUT2D eigenvalue weighted by Gasteiger charge is 2.36. The van der Waals surface area contributed by atoms with Crippen molar-refractivity contribution in [1.82, 2.24) is 15.1 Å². The lowest BCUT2D eigenvalue weighted by Crippen LogP contribution is -2.58. The van der Waals surface area contributed by atoms with Crippen molar-refractivity contribution >= 4 is 17.7 Å². The van der Waals surface area contributed by atoms with Crippen molar-refractivity contribution in [3.8, 4) is 0 Å². The van der Waals surface area contributed by atoms with Gasteiger partial charge in [0.1, 0.15) is 6.04 Å². The maximum absolute atomic E-state index is 13.7. The Bertz CT molecular complexity index is 950. The van der Waals surface area contributed by atoms with E-state index in [1.54, 1.807) is 29.0 Å². The monoisotopic (exact) mass is 421 g/mol. The molecule has 0 spiro atoms. The highest BCUT2D eigenvalue weighted by Crippen LogP contribution is 2.20. The van der Waals surface area contributed by atoms with E-state index in [0.29, 0.717) is 24.1 Å². The molecule has 6 nitrogen and oxygen atoms in total. The Morgan fingerprint density at radius 2 is 1.68 bits per heavy atom. The normalized spacial score (nSPS) is 17.5. The van der Waals surface area contributed by atoms with Crippen LogP contribution >= 0.6 is 0 Å². The summed E-state index contributed by atoms with van der Waals surface area (Å²) in [6, 6.07) is 16.3. The Morgan fingerprint density at radius 3 is 2.35 bits per heavy atom. The van der Waals surface area contributed by atoms with Crippen molar-refractivity contribution in [2.24, 2.45) is 0 Å². The first kappa shape index (κ1) is 22.5. The molecule has 6 heteroatoms. The summed E-state index contributed by atoms with van der Waals surface area (Å²) in [7, 11) is 1.69. The molecule has 164 valence electrons. The van der Waals surface area contributed by atoms with Gasteiger partial charge in [0, 0.05) is 31.2 Å². The minimum atomic E-state index is -0.782. The molecule has 1 aliphatic rings. The molecule has 1 N–H and O–H groups in total. The van der Waals surface area contributed by atoms with E-state index >= 15 is 0 Å². The van der Waals surface area contributed by atoms with Crippen LogP contribution in [0.5, 0.6) is 0 Å². The van der Waals surface area contributed by atoms with Gasteiger partial charge in [0.25, 0.3) is 5.91 Å². The minimum absolute atomic E-state index is 0.112. The molecule has 0 bridgehead atoms. The average molecular weight is 422 g/mol. The summed E-state index contributed by atoms with van der Waals surface area (Å²) in [4.78, 5) is 42.9. The van der Waals surface area contributed by atoms with Crippen LogP contribution in [-0.4, -0.2) is 59.2 Å². The number of nitrogens with zero attached hydrogens (tertiary/aromatic N) is 2. The largest absolute Gasteiger partial charge is 0.350 e. The number of hydrogen-bond donors (Lipinski definition) is 1. The van der Waals surface area contributed by atoms with Crippen LogP contribution in [-0.2, 0) is 22.4 Å². The van der Waals surface area contributed by atoms with E-state index in [4.69, 9.17) is 0 Å². The van der Waals surface area contributed by atoms with Crippen molar-refractivity contribution in [3.63, 3.8) is 0 Å². The van der Waals surface area contributed by atoms with Crippen molar-refractivity contribution in [2.45, 2.75) is 45.2 Å². The van der Waals surface area contributed by atoms with Gasteiger partial charge in [-0.2, -0.15) is 0 Å². The average Bonchev–Trinajstić information content (AvgIpc) is 2.75. The van der Waals surface area contributed by atoms with Gasteiger partial charge in [-0.25, -0.2) is 0 Å². The molecule has 0 saturated heterocycles. The molecule has 2 aromatic carbocycles. The molecule has 1 atom stereocenters. The highest BCUT2D eigenvalue weighted by molar-refractivity contribution is 6.00. The predicted molar refractivity (Wildman–Crippen MR) is 121 cm³/mol. The third kappa shape index (κ3) is 5.72. The summed E-state index contributed by atoms with van der Waals surface area (Å²) in [5.41, 5.74) is 1.80. The minimum Gasteiger partial charge on any atom is -0.350 e. The summed E-state index contributed by atoms with van der Waals surface area (Å²) in [5.74, 6) is -0.588. The molecule has 1 aliphatic heterocycles. The molecule has 0 fully saturated rings. The third-order valence-electron chi connectivity index (χ3n) is 5.38. The van der Waals surface area contributed by atoms with E-state index in [-0.39, 0.29) is 30.7 Å². The molecule has 3 amide bonds. The Kier molecular flexibility index (Phi) is 6.78. The maximum atomic E-state index is 13.7. The molecular formula is C25H31N3O3. The first-order valence-corrected chi connectivity index (χ1v) is 10.6. The van der Waals surface area contributed by atoms with E-state index < -0.39 is 11.6 Å². The van der Waals surface area contributed by atoms with E-state index in [1.165, 1.54) is 0 Å². The molecular weight excluding hydrogens is 390 g/mol. The van der Waals surface area contributed by atoms with Gasteiger partial charge < -0.3 is 15.1 Å². The molecule has 3 rings (SSSR count). The van der Waals surface area contributed by atoms with Crippen LogP contribution in [0, 0.1) is 0 Å². The summed E-state index contributed by atoms with van der Waals surface area (Å²) in [5, 5.41) is 2.99. The van der Waals surface area contributed by atoms with E-state index in [2.05, 4.69) is 5.32 Å². The second kappa shape index (κ2) is 9.33. The topological polar surface area (TPSA) is 69.7 Å². The van der Waals surface area contributed by atoms with Gasteiger partial charge in [0.15, 0.2) is 0 Å². The number of nitrogens with one attached hydrogen (secondary N) is 1. The zero-order chi connectivity index (χ0) is 22.6. The Morgan fingerprint density at radius 1 is 1.03 bits per heavy atom. The van der Waals surface area contributed by atoms with Crippen molar-refractivity contribution in [3.05, 3.63) is 71.3 Å². The standard InChI is InChI=1S/C25H31N3O3/c1-25(2,3)26-23(30)21-17-27(4)22(29)16-19-12-8-9-13-20(19)24(31)28(21)15-14-18-10-6-5-7-11-18/h5-13,21H,14-17H2,1-4H3,(H,26,30). The highest BCUT2D eigenvalue weighted by atomic mass is 16.2. The van der Waals surface area contributed by atoms with E-state index in [1.807, 2.05) is 63.2 Å². The van der Waals surface area contributed by atoms with Gasteiger partial charge in [-0.15, -0.1) is 0 Å². The Hall–Kier alpha value is -3.15. The third-order valence-corrected chi connectivity index (χ3v) is 5.38. The zero-order valence-corrected chi connectivity index (χ0v) is 18.7. The van der Waals surface area contributed by atoms with Crippen LogP contribution in [0.15, 0.2) is 54.6 Å². The molecule has 2 aromatic rings. The molecule has 1 unspecified atom stereocenters.